The molecule has 110 valence electrons. The van der Waals surface area contributed by atoms with Crippen molar-refractivity contribution in [2.24, 2.45) is 0 Å². The molecule has 0 bridgehead atoms. The van der Waals surface area contributed by atoms with Gasteiger partial charge in [-0.05, 0) is 40.0 Å². The topological polar surface area (TPSA) is 45.2 Å². The fourth-order valence-corrected chi connectivity index (χ4v) is 2.87. The first-order valence-corrected chi connectivity index (χ1v) is 7.85. The number of piperazine rings is 1. The normalized spacial score (nSPS) is 16.2. The highest BCUT2D eigenvalue weighted by molar-refractivity contribution is 9.10. The molecule has 0 aromatic carbocycles. The first-order chi connectivity index (χ1) is 10.2. The van der Waals surface area contributed by atoms with Crippen LogP contribution in [0.15, 0.2) is 35.3 Å². The molecule has 0 spiro atoms. The molecule has 1 fully saturated rings. The summed E-state index contributed by atoms with van der Waals surface area (Å²) in [5, 5.41) is 0. The Morgan fingerprint density at radius 3 is 2.43 bits per heavy atom. The molecule has 5 nitrogen and oxygen atoms in total. The van der Waals surface area contributed by atoms with Crippen molar-refractivity contribution in [2.75, 3.05) is 31.1 Å². The lowest BCUT2D eigenvalue weighted by Crippen LogP contribution is -2.46. The Morgan fingerprint density at radius 2 is 1.76 bits per heavy atom. The summed E-state index contributed by atoms with van der Waals surface area (Å²) in [5.41, 5.74) is 2.34. The van der Waals surface area contributed by atoms with Gasteiger partial charge in [-0.3, -0.25) is 9.88 Å². The molecule has 0 unspecified atom stereocenters. The summed E-state index contributed by atoms with van der Waals surface area (Å²) >= 11 is 3.47. The van der Waals surface area contributed by atoms with Crippen molar-refractivity contribution in [1.82, 2.24) is 19.9 Å². The third-order valence-electron chi connectivity index (χ3n) is 3.59. The minimum absolute atomic E-state index is 0.837. The minimum Gasteiger partial charge on any atom is -0.338 e. The zero-order valence-corrected chi connectivity index (χ0v) is 13.6. The fraction of sp³-hybridized carbons (Fsp3) is 0.400. The molecule has 3 rings (SSSR count). The van der Waals surface area contributed by atoms with Crippen molar-refractivity contribution in [2.45, 2.75) is 13.5 Å². The summed E-state index contributed by atoms with van der Waals surface area (Å²) in [5.74, 6) is 0.837. The van der Waals surface area contributed by atoms with E-state index in [1.165, 1.54) is 5.56 Å². The van der Waals surface area contributed by atoms with E-state index in [1.807, 2.05) is 31.7 Å². The minimum atomic E-state index is 0.837. The standard InChI is InChI=1S/C15H18BrN5/c1-12-7-18-15(19-8-12)21-4-2-20(3-5-21)11-13-6-14(16)10-17-9-13/h6-10H,2-5,11H2,1H3. The number of pyridine rings is 1. The Labute approximate surface area is 133 Å². The first kappa shape index (κ1) is 14.4. The Kier molecular flexibility index (Phi) is 4.45. The van der Waals surface area contributed by atoms with Crippen molar-refractivity contribution in [3.05, 3.63) is 46.5 Å². The number of aromatic nitrogens is 3. The van der Waals surface area contributed by atoms with Gasteiger partial charge in [0.05, 0.1) is 0 Å². The fourth-order valence-electron chi connectivity index (χ4n) is 2.46. The van der Waals surface area contributed by atoms with Gasteiger partial charge in [0, 0.05) is 62.0 Å². The van der Waals surface area contributed by atoms with E-state index < -0.39 is 0 Å². The van der Waals surface area contributed by atoms with Crippen molar-refractivity contribution in [3.63, 3.8) is 0 Å². The lowest BCUT2D eigenvalue weighted by Gasteiger charge is -2.34. The summed E-state index contributed by atoms with van der Waals surface area (Å²) in [4.78, 5) is 17.7. The SMILES string of the molecule is Cc1cnc(N2CCN(Cc3cncc(Br)c3)CC2)nc1. The molecule has 0 atom stereocenters. The van der Waals surface area contributed by atoms with Crippen LogP contribution < -0.4 is 4.90 Å². The van der Waals surface area contributed by atoms with Gasteiger partial charge in [0.1, 0.15) is 0 Å². The first-order valence-electron chi connectivity index (χ1n) is 7.06. The second-order valence-corrected chi connectivity index (χ2v) is 6.25. The maximum atomic E-state index is 4.40. The van der Waals surface area contributed by atoms with Crippen LogP contribution in [0.3, 0.4) is 0 Å². The smallest absolute Gasteiger partial charge is 0.225 e. The molecule has 1 saturated heterocycles. The second-order valence-electron chi connectivity index (χ2n) is 5.34. The van der Waals surface area contributed by atoms with Crippen molar-refractivity contribution in [1.29, 1.82) is 0 Å². The number of rotatable bonds is 3. The van der Waals surface area contributed by atoms with E-state index in [-0.39, 0.29) is 0 Å². The highest BCUT2D eigenvalue weighted by Gasteiger charge is 2.18. The van der Waals surface area contributed by atoms with Gasteiger partial charge in [-0.2, -0.15) is 0 Å². The Morgan fingerprint density at radius 1 is 1.05 bits per heavy atom. The van der Waals surface area contributed by atoms with Crippen molar-refractivity contribution < 1.29 is 0 Å². The van der Waals surface area contributed by atoms with E-state index in [4.69, 9.17) is 0 Å². The quantitative estimate of drug-likeness (QED) is 0.852. The van der Waals surface area contributed by atoms with Crippen LogP contribution in [0.2, 0.25) is 0 Å². The monoisotopic (exact) mass is 347 g/mol. The summed E-state index contributed by atoms with van der Waals surface area (Å²) in [6, 6.07) is 2.13. The average Bonchev–Trinajstić information content (AvgIpc) is 2.49. The molecule has 2 aromatic rings. The lowest BCUT2D eigenvalue weighted by atomic mass is 10.2. The van der Waals surface area contributed by atoms with E-state index >= 15 is 0 Å². The Hall–Kier alpha value is -1.53. The molecule has 21 heavy (non-hydrogen) atoms. The molecule has 0 radical (unpaired) electrons. The van der Waals surface area contributed by atoms with Crippen LogP contribution in [0.25, 0.3) is 0 Å². The van der Waals surface area contributed by atoms with Crippen LogP contribution in [0.4, 0.5) is 5.95 Å². The molecule has 0 N–H and O–H groups in total. The summed E-state index contributed by atoms with van der Waals surface area (Å²) < 4.78 is 1.03. The highest BCUT2D eigenvalue weighted by atomic mass is 79.9. The number of aryl methyl sites for hydroxylation is 1. The van der Waals surface area contributed by atoms with Gasteiger partial charge in [0.15, 0.2) is 0 Å². The molecule has 6 heteroatoms. The number of nitrogens with zero attached hydrogens (tertiary/aromatic N) is 5. The van der Waals surface area contributed by atoms with Crippen molar-refractivity contribution in [3.8, 4) is 0 Å². The summed E-state index contributed by atoms with van der Waals surface area (Å²) in [7, 11) is 0. The van der Waals surface area contributed by atoms with Gasteiger partial charge < -0.3 is 4.90 Å². The van der Waals surface area contributed by atoms with Gasteiger partial charge >= 0.3 is 0 Å². The number of hydrogen-bond donors (Lipinski definition) is 0. The molecule has 0 aliphatic carbocycles. The van der Waals surface area contributed by atoms with E-state index in [0.717, 1.165) is 48.7 Å². The maximum absolute atomic E-state index is 4.40. The molecule has 1 aliphatic heterocycles. The predicted molar refractivity (Wildman–Crippen MR) is 86.2 cm³/mol. The van der Waals surface area contributed by atoms with Crippen LogP contribution in [-0.4, -0.2) is 46.0 Å². The van der Waals surface area contributed by atoms with E-state index in [0.29, 0.717) is 0 Å². The number of anilines is 1. The zero-order chi connectivity index (χ0) is 14.7. The second kappa shape index (κ2) is 6.49. The highest BCUT2D eigenvalue weighted by Crippen LogP contribution is 2.15. The number of hydrogen-bond acceptors (Lipinski definition) is 5. The van der Waals surface area contributed by atoms with Crippen LogP contribution >= 0.6 is 15.9 Å². The van der Waals surface area contributed by atoms with E-state index in [1.54, 1.807) is 0 Å². The zero-order valence-electron chi connectivity index (χ0n) is 12.0. The van der Waals surface area contributed by atoms with Crippen LogP contribution in [0.1, 0.15) is 11.1 Å². The molecule has 0 amide bonds. The van der Waals surface area contributed by atoms with E-state index in [2.05, 4.69) is 46.7 Å². The molecule has 3 heterocycles. The molecule has 1 aliphatic rings. The van der Waals surface area contributed by atoms with Gasteiger partial charge in [-0.25, -0.2) is 9.97 Å². The lowest BCUT2D eigenvalue weighted by molar-refractivity contribution is 0.248. The van der Waals surface area contributed by atoms with Gasteiger partial charge in [0.25, 0.3) is 0 Å². The Bertz CT molecular complexity index is 593. The van der Waals surface area contributed by atoms with Gasteiger partial charge in [-0.15, -0.1) is 0 Å². The largest absolute Gasteiger partial charge is 0.338 e. The van der Waals surface area contributed by atoms with E-state index in [9.17, 15) is 0 Å². The van der Waals surface area contributed by atoms with Crippen molar-refractivity contribution >= 4 is 21.9 Å². The molecule has 2 aromatic heterocycles. The van der Waals surface area contributed by atoms with Crippen LogP contribution in [0, 0.1) is 6.92 Å². The Balaban J connectivity index is 1.56. The summed E-state index contributed by atoms with van der Waals surface area (Å²) in [6.07, 6.45) is 7.50. The third kappa shape index (κ3) is 3.77. The van der Waals surface area contributed by atoms with Crippen LogP contribution in [-0.2, 0) is 6.54 Å². The van der Waals surface area contributed by atoms with Crippen LogP contribution in [0.5, 0.6) is 0 Å². The number of halogens is 1. The third-order valence-corrected chi connectivity index (χ3v) is 4.02. The maximum Gasteiger partial charge on any atom is 0.225 e. The molecular formula is C15H18BrN5. The molecular weight excluding hydrogens is 330 g/mol. The predicted octanol–water partition coefficient (Wildman–Crippen LogP) is 2.26. The molecule has 0 saturated carbocycles. The van der Waals surface area contributed by atoms with Gasteiger partial charge in [-0.1, -0.05) is 0 Å². The summed E-state index contributed by atoms with van der Waals surface area (Å²) in [6.45, 7) is 6.91. The average molecular weight is 348 g/mol. The van der Waals surface area contributed by atoms with Gasteiger partial charge in [0.2, 0.25) is 5.95 Å².